The number of carbonyl (C=O) groups is 1. The summed E-state index contributed by atoms with van der Waals surface area (Å²) in [6.07, 6.45) is 7.52. The highest BCUT2D eigenvalue weighted by Crippen LogP contribution is 2.29. The van der Waals surface area contributed by atoms with Crippen LogP contribution < -0.4 is 5.32 Å². The summed E-state index contributed by atoms with van der Waals surface area (Å²) in [7, 11) is 1.95. The highest BCUT2D eigenvalue weighted by molar-refractivity contribution is 5.77. The van der Waals surface area contributed by atoms with Crippen molar-refractivity contribution in [3.63, 3.8) is 0 Å². The maximum atomic E-state index is 12.3. The number of hydrogen-bond acceptors (Lipinski definition) is 2. The van der Waals surface area contributed by atoms with Crippen LogP contribution in [0, 0.1) is 0 Å². The van der Waals surface area contributed by atoms with Crippen LogP contribution in [-0.4, -0.2) is 41.5 Å². The van der Waals surface area contributed by atoms with Crippen molar-refractivity contribution in [3.05, 3.63) is 24.0 Å². The van der Waals surface area contributed by atoms with Crippen molar-refractivity contribution in [1.29, 1.82) is 0 Å². The predicted molar refractivity (Wildman–Crippen MR) is 72.4 cm³/mol. The molecule has 0 aromatic carbocycles. The van der Waals surface area contributed by atoms with Gasteiger partial charge in [-0.3, -0.25) is 4.79 Å². The second-order valence-electron chi connectivity index (χ2n) is 5.40. The van der Waals surface area contributed by atoms with Crippen LogP contribution in [0.1, 0.15) is 31.7 Å². The van der Waals surface area contributed by atoms with Crippen molar-refractivity contribution in [2.45, 2.75) is 38.1 Å². The van der Waals surface area contributed by atoms with Crippen LogP contribution in [0.25, 0.3) is 0 Å². The molecule has 100 valence electrons. The van der Waals surface area contributed by atoms with E-state index in [-0.39, 0.29) is 11.4 Å². The highest BCUT2D eigenvalue weighted by atomic mass is 16.2. The van der Waals surface area contributed by atoms with Gasteiger partial charge in [0.2, 0.25) is 5.91 Å². The summed E-state index contributed by atoms with van der Waals surface area (Å²) in [5.41, 5.74) is 1.21. The number of aromatic amines is 1. The monoisotopic (exact) mass is 249 g/mol. The molecule has 0 spiro atoms. The van der Waals surface area contributed by atoms with E-state index in [9.17, 15) is 4.79 Å². The summed E-state index contributed by atoms with van der Waals surface area (Å²) in [6, 6.07) is 2.03. The topological polar surface area (TPSA) is 48.1 Å². The zero-order valence-corrected chi connectivity index (χ0v) is 11.3. The Labute approximate surface area is 109 Å². The van der Waals surface area contributed by atoms with Crippen LogP contribution in [0.3, 0.4) is 0 Å². The van der Waals surface area contributed by atoms with Gasteiger partial charge in [-0.15, -0.1) is 0 Å². The van der Waals surface area contributed by atoms with Crippen LogP contribution in [0.2, 0.25) is 0 Å². The number of aromatic nitrogens is 1. The average molecular weight is 249 g/mol. The average Bonchev–Trinajstić information content (AvgIpc) is 2.96. The van der Waals surface area contributed by atoms with Gasteiger partial charge in [-0.25, -0.2) is 0 Å². The lowest BCUT2D eigenvalue weighted by atomic mass is 9.98. The smallest absolute Gasteiger partial charge is 0.223 e. The van der Waals surface area contributed by atoms with Crippen LogP contribution >= 0.6 is 0 Å². The molecule has 0 radical (unpaired) electrons. The Kier molecular flexibility index (Phi) is 4.07. The summed E-state index contributed by atoms with van der Waals surface area (Å²) >= 11 is 0. The minimum Gasteiger partial charge on any atom is -0.367 e. The van der Waals surface area contributed by atoms with Gasteiger partial charge in [-0.1, -0.05) is 0 Å². The second-order valence-corrected chi connectivity index (χ2v) is 5.40. The molecule has 0 aliphatic carbocycles. The summed E-state index contributed by atoms with van der Waals surface area (Å²) in [5.74, 6) is 0.284. The molecule has 1 aromatic heterocycles. The van der Waals surface area contributed by atoms with Crippen molar-refractivity contribution >= 4 is 5.91 Å². The van der Waals surface area contributed by atoms with E-state index in [0.29, 0.717) is 6.42 Å². The molecular weight excluding hydrogens is 226 g/mol. The van der Waals surface area contributed by atoms with Crippen molar-refractivity contribution in [2.24, 2.45) is 0 Å². The van der Waals surface area contributed by atoms with Crippen molar-refractivity contribution in [3.8, 4) is 0 Å². The van der Waals surface area contributed by atoms with Gasteiger partial charge in [0.1, 0.15) is 0 Å². The molecule has 4 nitrogen and oxygen atoms in total. The number of nitrogens with zero attached hydrogens (tertiary/aromatic N) is 1. The van der Waals surface area contributed by atoms with Gasteiger partial charge in [-0.2, -0.15) is 0 Å². The Morgan fingerprint density at radius 2 is 2.44 bits per heavy atom. The van der Waals surface area contributed by atoms with E-state index in [1.807, 2.05) is 25.5 Å². The van der Waals surface area contributed by atoms with E-state index < -0.39 is 0 Å². The van der Waals surface area contributed by atoms with E-state index in [1.54, 1.807) is 0 Å². The molecule has 1 aliphatic rings. The first-order valence-corrected chi connectivity index (χ1v) is 6.72. The predicted octanol–water partition coefficient (Wildman–Crippen LogP) is 1.55. The SMILES string of the molecule is CNCC1(C)CCCN1C(=O)CCc1cc[nH]c1. The molecule has 1 atom stereocenters. The van der Waals surface area contributed by atoms with Gasteiger partial charge in [0.25, 0.3) is 0 Å². The number of aryl methyl sites for hydroxylation is 1. The highest BCUT2D eigenvalue weighted by Gasteiger charge is 2.38. The minimum absolute atomic E-state index is 0.00395. The molecular formula is C14H23N3O. The zero-order chi connectivity index (χ0) is 13.0. The normalized spacial score (nSPS) is 23.6. The number of rotatable bonds is 5. The van der Waals surface area contributed by atoms with Crippen molar-refractivity contribution in [2.75, 3.05) is 20.1 Å². The number of hydrogen-bond donors (Lipinski definition) is 2. The molecule has 0 bridgehead atoms. The summed E-state index contributed by atoms with van der Waals surface area (Å²) in [6.45, 7) is 3.97. The van der Waals surface area contributed by atoms with Gasteiger partial charge in [-0.05, 0) is 44.9 Å². The van der Waals surface area contributed by atoms with Crippen molar-refractivity contribution in [1.82, 2.24) is 15.2 Å². The Balaban J connectivity index is 1.91. The lowest BCUT2D eigenvalue weighted by molar-refractivity contribution is -0.134. The van der Waals surface area contributed by atoms with Crippen LogP contribution in [0.15, 0.2) is 18.5 Å². The second kappa shape index (κ2) is 5.57. The fourth-order valence-electron chi connectivity index (χ4n) is 2.91. The number of nitrogens with one attached hydrogen (secondary N) is 2. The first kappa shape index (κ1) is 13.1. The van der Waals surface area contributed by atoms with E-state index in [2.05, 4.69) is 22.1 Å². The molecule has 1 aromatic rings. The van der Waals surface area contributed by atoms with E-state index in [4.69, 9.17) is 0 Å². The van der Waals surface area contributed by atoms with Crippen LogP contribution in [-0.2, 0) is 11.2 Å². The first-order valence-electron chi connectivity index (χ1n) is 6.72. The quantitative estimate of drug-likeness (QED) is 0.831. The number of likely N-dealkylation sites (N-methyl/N-ethyl adjacent to an activating group) is 1. The van der Waals surface area contributed by atoms with Gasteiger partial charge >= 0.3 is 0 Å². The van der Waals surface area contributed by atoms with Crippen molar-refractivity contribution < 1.29 is 4.79 Å². The lowest BCUT2D eigenvalue weighted by Crippen LogP contribution is -2.50. The number of likely N-dealkylation sites (tertiary alicyclic amines) is 1. The first-order chi connectivity index (χ1) is 8.65. The maximum Gasteiger partial charge on any atom is 0.223 e. The summed E-state index contributed by atoms with van der Waals surface area (Å²) in [5, 5.41) is 3.21. The fourth-order valence-corrected chi connectivity index (χ4v) is 2.91. The van der Waals surface area contributed by atoms with Crippen LogP contribution in [0.5, 0.6) is 0 Å². The molecule has 1 aliphatic heterocycles. The molecule has 18 heavy (non-hydrogen) atoms. The zero-order valence-electron chi connectivity index (χ0n) is 11.3. The fraction of sp³-hybridized carbons (Fsp3) is 0.643. The number of carbonyl (C=O) groups excluding carboxylic acids is 1. The molecule has 4 heteroatoms. The number of amides is 1. The third-order valence-electron chi connectivity index (χ3n) is 3.90. The third kappa shape index (κ3) is 2.75. The van der Waals surface area contributed by atoms with Gasteiger partial charge in [0.15, 0.2) is 0 Å². The summed E-state index contributed by atoms with van der Waals surface area (Å²) in [4.78, 5) is 17.4. The van der Waals surface area contributed by atoms with E-state index >= 15 is 0 Å². The Morgan fingerprint density at radius 3 is 3.11 bits per heavy atom. The Morgan fingerprint density at radius 1 is 1.61 bits per heavy atom. The minimum atomic E-state index is 0.00395. The van der Waals surface area contributed by atoms with Gasteiger partial charge < -0.3 is 15.2 Å². The Bertz CT molecular complexity index is 388. The summed E-state index contributed by atoms with van der Waals surface area (Å²) < 4.78 is 0. The molecule has 2 heterocycles. The van der Waals surface area contributed by atoms with Gasteiger partial charge in [0, 0.05) is 31.9 Å². The molecule has 1 saturated heterocycles. The molecule has 2 rings (SSSR count). The number of H-pyrrole nitrogens is 1. The molecule has 1 fully saturated rings. The van der Waals surface area contributed by atoms with E-state index in [0.717, 1.165) is 32.4 Å². The van der Waals surface area contributed by atoms with Crippen LogP contribution in [0.4, 0.5) is 0 Å². The maximum absolute atomic E-state index is 12.3. The molecule has 1 unspecified atom stereocenters. The standard InChI is InChI=1S/C14H23N3O/c1-14(11-15-2)7-3-9-17(14)13(18)5-4-12-6-8-16-10-12/h6,8,10,15-16H,3-5,7,9,11H2,1-2H3. The third-order valence-corrected chi connectivity index (χ3v) is 3.90. The molecule has 2 N–H and O–H groups in total. The lowest BCUT2D eigenvalue weighted by Gasteiger charge is -2.35. The van der Waals surface area contributed by atoms with E-state index in [1.165, 1.54) is 5.56 Å². The molecule has 0 saturated carbocycles. The Hall–Kier alpha value is -1.29. The molecule has 1 amide bonds. The largest absolute Gasteiger partial charge is 0.367 e. The van der Waals surface area contributed by atoms with Gasteiger partial charge in [0.05, 0.1) is 5.54 Å².